The lowest BCUT2D eigenvalue weighted by Crippen LogP contribution is -2.45. The second-order valence-corrected chi connectivity index (χ2v) is 3.17. The van der Waals surface area contributed by atoms with Crippen LogP contribution in [0, 0.1) is 5.41 Å². The molecule has 1 amide bonds. The monoisotopic (exact) mass is 190 g/mol. The maximum Gasteiger partial charge on any atom is 0.285 e. The first kappa shape index (κ1) is 9.48. The van der Waals surface area contributed by atoms with E-state index in [9.17, 15) is 9.90 Å². The number of likely N-dealkylation sites (tertiary alicyclic amines) is 1. The number of aliphatic hydroxyl groups excluding tert-OH is 1. The van der Waals surface area contributed by atoms with E-state index in [1.54, 1.807) is 0 Å². The van der Waals surface area contributed by atoms with Crippen LogP contribution in [0.4, 0.5) is 0 Å². The molecular formula is C7H11ClN2O2. The zero-order valence-electron chi connectivity index (χ0n) is 6.59. The summed E-state index contributed by atoms with van der Waals surface area (Å²) in [6.07, 6.45) is 1.61. The lowest BCUT2D eigenvalue weighted by atomic mass is 10.1. The summed E-state index contributed by atoms with van der Waals surface area (Å²) >= 11 is 5.21. The van der Waals surface area contributed by atoms with Crippen molar-refractivity contribution in [2.75, 3.05) is 6.54 Å². The standard InChI is InChI=1S/C7H11ClN2O2/c8-6(9)7(12)10-4-2-1-3-5(10)11/h5,9,11H,1-4H2. The topological polar surface area (TPSA) is 64.4 Å². The van der Waals surface area contributed by atoms with E-state index < -0.39 is 17.3 Å². The fraction of sp³-hybridized carbons (Fsp3) is 0.714. The number of aliphatic hydroxyl groups is 1. The number of hydrogen-bond donors (Lipinski definition) is 2. The van der Waals surface area contributed by atoms with Gasteiger partial charge in [0.05, 0.1) is 0 Å². The number of carbonyl (C=O) groups is 1. The first-order valence-corrected chi connectivity index (χ1v) is 4.24. The van der Waals surface area contributed by atoms with Gasteiger partial charge in [-0.1, -0.05) is 11.6 Å². The molecule has 5 heteroatoms. The summed E-state index contributed by atoms with van der Waals surface area (Å²) in [4.78, 5) is 12.4. The molecule has 0 aromatic rings. The predicted octanol–water partition coefficient (Wildman–Crippen LogP) is 0.533. The van der Waals surface area contributed by atoms with Gasteiger partial charge in [-0.3, -0.25) is 10.2 Å². The number of amides is 1. The second-order valence-electron chi connectivity index (χ2n) is 2.79. The van der Waals surface area contributed by atoms with E-state index in [1.807, 2.05) is 0 Å². The molecule has 0 spiro atoms. The van der Waals surface area contributed by atoms with E-state index in [1.165, 1.54) is 4.90 Å². The maximum atomic E-state index is 11.1. The number of nitrogens with zero attached hydrogens (tertiary/aromatic N) is 1. The van der Waals surface area contributed by atoms with Crippen LogP contribution in [0.2, 0.25) is 0 Å². The Morgan fingerprint density at radius 1 is 1.58 bits per heavy atom. The number of rotatable bonds is 1. The minimum Gasteiger partial charge on any atom is -0.374 e. The zero-order valence-corrected chi connectivity index (χ0v) is 7.34. The van der Waals surface area contributed by atoms with Crippen LogP contribution in [0.3, 0.4) is 0 Å². The smallest absolute Gasteiger partial charge is 0.285 e. The predicted molar refractivity (Wildman–Crippen MR) is 45.2 cm³/mol. The first-order chi connectivity index (χ1) is 5.63. The second kappa shape index (κ2) is 3.87. The van der Waals surface area contributed by atoms with Crippen molar-refractivity contribution >= 4 is 22.7 Å². The molecule has 1 unspecified atom stereocenters. The van der Waals surface area contributed by atoms with Crippen LogP contribution in [0.15, 0.2) is 0 Å². The quantitative estimate of drug-likeness (QED) is 0.593. The summed E-state index contributed by atoms with van der Waals surface area (Å²) in [7, 11) is 0. The molecule has 0 aromatic heterocycles. The molecule has 4 nitrogen and oxygen atoms in total. The molecule has 2 N–H and O–H groups in total. The molecule has 0 saturated carbocycles. The van der Waals surface area contributed by atoms with Gasteiger partial charge in [0, 0.05) is 6.54 Å². The Morgan fingerprint density at radius 2 is 2.25 bits per heavy atom. The van der Waals surface area contributed by atoms with Crippen LogP contribution in [-0.4, -0.2) is 33.9 Å². The van der Waals surface area contributed by atoms with Gasteiger partial charge in [-0.2, -0.15) is 0 Å². The van der Waals surface area contributed by atoms with Crippen molar-refractivity contribution < 1.29 is 9.90 Å². The van der Waals surface area contributed by atoms with Gasteiger partial charge in [-0.15, -0.1) is 0 Å². The highest BCUT2D eigenvalue weighted by Crippen LogP contribution is 2.15. The van der Waals surface area contributed by atoms with Gasteiger partial charge in [0.15, 0.2) is 5.17 Å². The summed E-state index contributed by atoms with van der Waals surface area (Å²) in [5.74, 6) is -0.580. The van der Waals surface area contributed by atoms with Crippen molar-refractivity contribution in [1.82, 2.24) is 4.90 Å². The molecule has 0 aromatic carbocycles. The van der Waals surface area contributed by atoms with Crippen molar-refractivity contribution in [3.63, 3.8) is 0 Å². The van der Waals surface area contributed by atoms with Crippen molar-refractivity contribution in [2.24, 2.45) is 0 Å². The Labute approximate surface area is 75.6 Å². The first-order valence-electron chi connectivity index (χ1n) is 3.86. The van der Waals surface area contributed by atoms with Gasteiger partial charge in [0.1, 0.15) is 6.23 Å². The SMILES string of the molecule is N=C(Cl)C(=O)N1CCCCC1O. The molecule has 68 valence electrons. The molecule has 1 atom stereocenters. The normalized spacial score (nSPS) is 23.8. The molecule has 1 saturated heterocycles. The molecule has 1 heterocycles. The highest BCUT2D eigenvalue weighted by atomic mass is 35.5. The number of halogens is 1. The van der Waals surface area contributed by atoms with E-state index in [-0.39, 0.29) is 0 Å². The summed E-state index contributed by atoms with van der Waals surface area (Å²) in [5.41, 5.74) is 0. The van der Waals surface area contributed by atoms with E-state index in [0.717, 1.165) is 12.8 Å². The van der Waals surface area contributed by atoms with Crippen molar-refractivity contribution in [2.45, 2.75) is 25.5 Å². The Kier molecular flexibility index (Phi) is 3.05. The van der Waals surface area contributed by atoms with Crippen LogP contribution in [-0.2, 0) is 4.79 Å². The number of nitrogens with one attached hydrogen (secondary N) is 1. The van der Waals surface area contributed by atoms with E-state index in [0.29, 0.717) is 13.0 Å². The average molecular weight is 191 g/mol. The molecule has 0 aliphatic carbocycles. The largest absolute Gasteiger partial charge is 0.374 e. The van der Waals surface area contributed by atoms with Gasteiger partial charge < -0.3 is 10.0 Å². The molecule has 12 heavy (non-hydrogen) atoms. The van der Waals surface area contributed by atoms with Crippen LogP contribution < -0.4 is 0 Å². The van der Waals surface area contributed by atoms with Crippen molar-refractivity contribution in [1.29, 1.82) is 5.41 Å². The van der Waals surface area contributed by atoms with E-state index in [4.69, 9.17) is 17.0 Å². The Bertz CT molecular complexity index is 208. The Balaban J connectivity index is 2.59. The minimum absolute atomic E-state index is 0.495. The fourth-order valence-electron chi connectivity index (χ4n) is 1.28. The summed E-state index contributed by atoms with van der Waals surface area (Å²) < 4.78 is 0. The average Bonchev–Trinajstić information content (AvgIpc) is 2.04. The molecule has 0 radical (unpaired) electrons. The van der Waals surface area contributed by atoms with Crippen molar-refractivity contribution in [3.8, 4) is 0 Å². The lowest BCUT2D eigenvalue weighted by Gasteiger charge is -2.31. The number of hydrogen-bond acceptors (Lipinski definition) is 3. The highest BCUT2D eigenvalue weighted by Gasteiger charge is 2.26. The molecule has 1 rings (SSSR count). The van der Waals surface area contributed by atoms with Crippen molar-refractivity contribution in [3.05, 3.63) is 0 Å². The third-order valence-corrected chi connectivity index (χ3v) is 2.08. The van der Waals surface area contributed by atoms with Crippen LogP contribution in [0.5, 0.6) is 0 Å². The molecule has 1 fully saturated rings. The summed E-state index contributed by atoms with van der Waals surface area (Å²) in [5, 5.41) is 15.7. The van der Waals surface area contributed by atoms with Gasteiger partial charge in [-0.05, 0) is 19.3 Å². The lowest BCUT2D eigenvalue weighted by molar-refractivity contribution is -0.136. The van der Waals surface area contributed by atoms with Crippen LogP contribution >= 0.6 is 11.6 Å². The third-order valence-electron chi connectivity index (χ3n) is 1.92. The minimum atomic E-state index is -0.759. The number of piperidine rings is 1. The highest BCUT2D eigenvalue weighted by molar-refractivity contribution is 6.81. The molecule has 1 aliphatic heterocycles. The molecule has 1 aliphatic rings. The fourth-order valence-corrected chi connectivity index (χ4v) is 1.39. The van der Waals surface area contributed by atoms with Gasteiger partial charge in [0.2, 0.25) is 0 Å². The molecular weight excluding hydrogens is 180 g/mol. The van der Waals surface area contributed by atoms with Gasteiger partial charge in [0.25, 0.3) is 5.91 Å². The zero-order chi connectivity index (χ0) is 9.14. The maximum absolute atomic E-state index is 11.1. The number of carbonyl (C=O) groups excluding carboxylic acids is 1. The van der Waals surface area contributed by atoms with Gasteiger partial charge in [-0.25, -0.2) is 0 Å². The Hall–Kier alpha value is -0.610. The molecule has 0 bridgehead atoms. The van der Waals surface area contributed by atoms with Gasteiger partial charge >= 0.3 is 0 Å². The third kappa shape index (κ3) is 1.95. The van der Waals surface area contributed by atoms with Crippen LogP contribution in [0.25, 0.3) is 0 Å². The van der Waals surface area contributed by atoms with Crippen LogP contribution in [0.1, 0.15) is 19.3 Å². The summed E-state index contributed by atoms with van der Waals surface area (Å²) in [6.45, 7) is 0.495. The van der Waals surface area contributed by atoms with E-state index >= 15 is 0 Å². The summed E-state index contributed by atoms with van der Waals surface area (Å²) in [6, 6.07) is 0. The van der Waals surface area contributed by atoms with E-state index in [2.05, 4.69) is 0 Å². The Morgan fingerprint density at radius 3 is 2.75 bits per heavy atom.